The highest BCUT2D eigenvalue weighted by Gasteiger charge is 2.12. The van der Waals surface area contributed by atoms with Crippen LogP contribution in [0.5, 0.6) is 0 Å². The fourth-order valence-corrected chi connectivity index (χ4v) is 3.41. The molecule has 0 aliphatic heterocycles. The Morgan fingerprint density at radius 1 is 1.03 bits per heavy atom. The van der Waals surface area contributed by atoms with Crippen LogP contribution in [0.15, 0.2) is 94.5 Å². The number of aliphatic imine (C=N–C) groups is 1. The molecule has 148 valence electrons. The zero-order valence-corrected chi connectivity index (χ0v) is 17.5. The average Bonchev–Trinajstić information content (AvgIpc) is 3.19. The van der Waals surface area contributed by atoms with E-state index in [0.717, 1.165) is 21.3 Å². The van der Waals surface area contributed by atoms with Crippen molar-refractivity contribution in [2.75, 3.05) is 6.54 Å². The van der Waals surface area contributed by atoms with Gasteiger partial charge in [-0.25, -0.2) is 9.07 Å². The average molecular weight is 462 g/mol. The van der Waals surface area contributed by atoms with E-state index in [2.05, 4.69) is 26.0 Å². The van der Waals surface area contributed by atoms with Gasteiger partial charge in [-0.2, -0.15) is 5.10 Å². The van der Waals surface area contributed by atoms with Gasteiger partial charge in [0.05, 0.1) is 5.69 Å². The maximum absolute atomic E-state index is 13.4. The summed E-state index contributed by atoms with van der Waals surface area (Å²) in [6.45, 7) is 0.0236. The number of aromatic nitrogens is 2. The molecule has 0 saturated carbocycles. The van der Waals surface area contributed by atoms with Gasteiger partial charge >= 0.3 is 0 Å². The van der Waals surface area contributed by atoms with Crippen LogP contribution in [-0.2, 0) is 0 Å². The summed E-state index contributed by atoms with van der Waals surface area (Å²) >= 11 is 3.37. The summed E-state index contributed by atoms with van der Waals surface area (Å²) in [5.41, 5.74) is 3.67. The second kappa shape index (κ2) is 8.97. The summed E-state index contributed by atoms with van der Waals surface area (Å²) in [5.74, 6) is -0.387. The Labute approximate surface area is 181 Å². The lowest BCUT2D eigenvalue weighted by Crippen LogP contribution is -2.03. The SMILES string of the molecule is O=C(CN=Cc1cn(-c2ccccc2)nc1-c1ccc(F)cc1)c1cccc(Br)c1. The van der Waals surface area contributed by atoms with Gasteiger partial charge in [0.1, 0.15) is 18.1 Å². The zero-order chi connectivity index (χ0) is 20.9. The summed E-state index contributed by atoms with van der Waals surface area (Å²) in [6, 6.07) is 23.1. The molecule has 0 aliphatic carbocycles. The Morgan fingerprint density at radius 2 is 1.80 bits per heavy atom. The number of hydrogen-bond donors (Lipinski definition) is 0. The van der Waals surface area contributed by atoms with E-state index in [4.69, 9.17) is 0 Å². The highest BCUT2D eigenvalue weighted by atomic mass is 79.9. The van der Waals surface area contributed by atoms with E-state index in [1.165, 1.54) is 12.1 Å². The molecule has 0 saturated heterocycles. The monoisotopic (exact) mass is 461 g/mol. The summed E-state index contributed by atoms with van der Waals surface area (Å²) in [7, 11) is 0. The minimum absolute atomic E-state index is 0.0236. The van der Waals surface area contributed by atoms with Crippen molar-refractivity contribution in [3.8, 4) is 16.9 Å². The standard InChI is InChI=1S/C24H17BrFN3O/c25-20-6-4-5-18(13-20)23(30)15-27-14-19-16-29(22-7-2-1-3-8-22)28-24(19)17-9-11-21(26)12-10-17/h1-14,16H,15H2. The summed E-state index contributed by atoms with van der Waals surface area (Å²) in [6.07, 6.45) is 3.49. The van der Waals surface area contributed by atoms with Gasteiger partial charge in [-0.1, -0.05) is 46.3 Å². The number of para-hydroxylation sites is 1. The molecule has 4 rings (SSSR count). The summed E-state index contributed by atoms with van der Waals surface area (Å²) < 4.78 is 16.0. The molecule has 30 heavy (non-hydrogen) atoms. The van der Waals surface area contributed by atoms with E-state index in [1.54, 1.807) is 35.2 Å². The summed E-state index contributed by atoms with van der Waals surface area (Å²) in [4.78, 5) is 16.8. The molecular weight excluding hydrogens is 445 g/mol. The lowest BCUT2D eigenvalue weighted by Gasteiger charge is -2.00. The number of halogens is 2. The van der Waals surface area contributed by atoms with E-state index < -0.39 is 0 Å². The second-order valence-electron chi connectivity index (χ2n) is 6.62. The Hall–Kier alpha value is -3.38. The third-order valence-electron chi connectivity index (χ3n) is 4.49. The summed E-state index contributed by atoms with van der Waals surface area (Å²) in [5, 5.41) is 4.66. The van der Waals surface area contributed by atoms with Crippen molar-refractivity contribution in [1.29, 1.82) is 0 Å². The van der Waals surface area contributed by atoms with Crippen LogP contribution in [0, 0.1) is 5.82 Å². The van der Waals surface area contributed by atoms with Crippen LogP contribution in [0.1, 0.15) is 15.9 Å². The van der Waals surface area contributed by atoms with Gasteiger partial charge in [0, 0.05) is 33.6 Å². The smallest absolute Gasteiger partial charge is 0.184 e. The van der Waals surface area contributed by atoms with Gasteiger partial charge < -0.3 is 0 Å². The van der Waals surface area contributed by atoms with E-state index in [9.17, 15) is 9.18 Å². The van der Waals surface area contributed by atoms with Crippen LogP contribution in [0.3, 0.4) is 0 Å². The molecule has 0 radical (unpaired) electrons. The van der Waals surface area contributed by atoms with Gasteiger partial charge in [-0.05, 0) is 48.5 Å². The van der Waals surface area contributed by atoms with Crippen molar-refractivity contribution < 1.29 is 9.18 Å². The molecule has 4 nitrogen and oxygen atoms in total. The predicted molar refractivity (Wildman–Crippen MR) is 120 cm³/mol. The molecular formula is C24H17BrFN3O. The van der Waals surface area contributed by atoms with Crippen LogP contribution in [-0.4, -0.2) is 28.3 Å². The number of carbonyl (C=O) groups is 1. The topological polar surface area (TPSA) is 47.2 Å². The number of Topliss-reactive ketones (excluding diaryl/α,β-unsaturated/α-hetero) is 1. The van der Waals surface area contributed by atoms with Gasteiger partial charge in [0.15, 0.2) is 5.78 Å². The number of rotatable bonds is 6. The Bertz CT molecular complexity index is 1200. The van der Waals surface area contributed by atoms with E-state index >= 15 is 0 Å². The first-order valence-electron chi connectivity index (χ1n) is 9.30. The fourth-order valence-electron chi connectivity index (χ4n) is 3.01. The Kier molecular flexibility index (Phi) is 5.95. The molecule has 0 unspecified atom stereocenters. The van der Waals surface area contributed by atoms with Crippen molar-refractivity contribution in [2.45, 2.75) is 0 Å². The molecule has 4 aromatic rings. The van der Waals surface area contributed by atoms with Gasteiger partial charge in [-0.3, -0.25) is 9.79 Å². The van der Waals surface area contributed by atoms with Crippen molar-refractivity contribution in [3.05, 3.63) is 106 Å². The van der Waals surface area contributed by atoms with Crippen LogP contribution >= 0.6 is 15.9 Å². The van der Waals surface area contributed by atoms with Crippen LogP contribution in [0.2, 0.25) is 0 Å². The molecule has 0 N–H and O–H groups in total. The van der Waals surface area contributed by atoms with Crippen LogP contribution < -0.4 is 0 Å². The van der Waals surface area contributed by atoms with Gasteiger partial charge in [0.2, 0.25) is 0 Å². The van der Waals surface area contributed by atoms with Gasteiger partial charge in [0.25, 0.3) is 0 Å². The van der Waals surface area contributed by atoms with E-state index in [0.29, 0.717) is 11.3 Å². The number of hydrogen-bond acceptors (Lipinski definition) is 3. The molecule has 0 spiro atoms. The molecule has 3 aromatic carbocycles. The van der Waals surface area contributed by atoms with Crippen molar-refractivity contribution in [3.63, 3.8) is 0 Å². The Morgan fingerprint density at radius 3 is 2.53 bits per heavy atom. The largest absolute Gasteiger partial charge is 0.292 e. The number of nitrogens with zero attached hydrogens (tertiary/aromatic N) is 3. The maximum atomic E-state index is 13.4. The fraction of sp³-hybridized carbons (Fsp3) is 0.0417. The highest BCUT2D eigenvalue weighted by molar-refractivity contribution is 9.10. The second-order valence-corrected chi connectivity index (χ2v) is 7.54. The molecule has 0 fully saturated rings. The van der Waals surface area contributed by atoms with Crippen molar-refractivity contribution >= 4 is 27.9 Å². The van der Waals surface area contributed by atoms with E-state index in [1.807, 2.05) is 48.7 Å². The molecule has 6 heteroatoms. The molecule has 0 aliphatic rings. The predicted octanol–water partition coefficient (Wildman–Crippen LogP) is 5.74. The van der Waals surface area contributed by atoms with E-state index in [-0.39, 0.29) is 18.1 Å². The first-order valence-corrected chi connectivity index (χ1v) is 10.1. The minimum atomic E-state index is -0.309. The molecule has 0 bridgehead atoms. The third-order valence-corrected chi connectivity index (χ3v) is 4.99. The minimum Gasteiger partial charge on any atom is -0.292 e. The Balaban J connectivity index is 1.64. The normalized spacial score (nSPS) is 11.1. The lowest BCUT2D eigenvalue weighted by atomic mass is 10.1. The van der Waals surface area contributed by atoms with Crippen LogP contribution in [0.4, 0.5) is 4.39 Å². The van der Waals surface area contributed by atoms with Crippen molar-refractivity contribution in [1.82, 2.24) is 9.78 Å². The molecule has 0 amide bonds. The third kappa shape index (κ3) is 4.60. The quantitative estimate of drug-likeness (QED) is 0.271. The molecule has 1 aromatic heterocycles. The van der Waals surface area contributed by atoms with Crippen LogP contribution in [0.25, 0.3) is 16.9 Å². The number of carbonyl (C=O) groups excluding carboxylic acids is 1. The van der Waals surface area contributed by atoms with Gasteiger partial charge in [-0.15, -0.1) is 0 Å². The highest BCUT2D eigenvalue weighted by Crippen LogP contribution is 2.23. The first-order chi connectivity index (χ1) is 14.6. The lowest BCUT2D eigenvalue weighted by molar-refractivity contribution is 0.100. The number of ketones is 1. The number of benzene rings is 3. The zero-order valence-electron chi connectivity index (χ0n) is 15.9. The first kappa shape index (κ1) is 19.9. The van der Waals surface area contributed by atoms with Crippen molar-refractivity contribution in [2.24, 2.45) is 4.99 Å². The maximum Gasteiger partial charge on any atom is 0.184 e. The molecule has 0 atom stereocenters. The molecule has 1 heterocycles.